The Hall–Kier alpha value is -0.870. The molecule has 0 spiro atoms. The maximum Gasteiger partial charge on any atom is 0.114 e. The zero-order chi connectivity index (χ0) is 11.0. The number of nitrogens with zero attached hydrogens (tertiary/aromatic N) is 1. The van der Waals surface area contributed by atoms with Crippen LogP contribution in [0, 0.1) is 13.8 Å². The number of benzene rings is 1. The molecule has 0 unspecified atom stereocenters. The van der Waals surface area contributed by atoms with Crippen molar-refractivity contribution in [3.63, 3.8) is 0 Å². The van der Waals surface area contributed by atoms with Crippen molar-refractivity contribution in [3.05, 3.63) is 33.2 Å². The zero-order valence-electron chi connectivity index (χ0n) is 8.54. The van der Waals surface area contributed by atoms with Crippen LogP contribution in [0.4, 0.5) is 5.00 Å². The number of thiazole rings is 1. The number of nitrogen functional groups attached to an aromatic ring is 1. The second kappa shape index (κ2) is 3.94. The largest absolute Gasteiger partial charge is 0.389 e. The first kappa shape index (κ1) is 10.6. The van der Waals surface area contributed by atoms with Crippen molar-refractivity contribution >= 4 is 32.3 Å². The molecule has 1 heterocycles. The number of hydrogen-bond acceptors (Lipinski definition) is 3. The van der Waals surface area contributed by atoms with Gasteiger partial charge < -0.3 is 5.73 Å². The minimum Gasteiger partial charge on any atom is -0.389 e. The summed E-state index contributed by atoms with van der Waals surface area (Å²) in [6, 6.07) is 6.18. The van der Waals surface area contributed by atoms with Crippen molar-refractivity contribution < 1.29 is 0 Å². The van der Waals surface area contributed by atoms with Gasteiger partial charge in [0.2, 0.25) is 0 Å². The SMILES string of the molecule is Cc1ccc(-c2nc(C)sc2N)c(Br)c1. The lowest BCUT2D eigenvalue weighted by Crippen LogP contribution is -1.87. The van der Waals surface area contributed by atoms with Crippen LogP contribution >= 0.6 is 27.3 Å². The molecule has 0 aliphatic carbocycles. The predicted octanol–water partition coefficient (Wildman–Crippen LogP) is 3.77. The van der Waals surface area contributed by atoms with Crippen LogP contribution in [-0.2, 0) is 0 Å². The van der Waals surface area contributed by atoms with Crippen LogP contribution < -0.4 is 5.73 Å². The van der Waals surface area contributed by atoms with Crippen LogP contribution in [0.3, 0.4) is 0 Å². The Balaban J connectivity index is 2.59. The van der Waals surface area contributed by atoms with Crippen molar-refractivity contribution in [2.75, 3.05) is 5.73 Å². The molecular formula is C11H11BrN2S. The van der Waals surface area contributed by atoms with Crippen LogP contribution in [0.2, 0.25) is 0 Å². The van der Waals surface area contributed by atoms with Crippen LogP contribution in [0.25, 0.3) is 11.3 Å². The maximum atomic E-state index is 5.92. The molecule has 4 heteroatoms. The van der Waals surface area contributed by atoms with Crippen LogP contribution in [0.15, 0.2) is 22.7 Å². The van der Waals surface area contributed by atoms with Gasteiger partial charge in [-0.05, 0) is 25.5 Å². The van der Waals surface area contributed by atoms with Gasteiger partial charge in [0.05, 0.1) is 5.01 Å². The fourth-order valence-corrected chi connectivity index (χ4v) is 2.84. The Morgan fingerprint density at radius 2 is 2.07 bits per heavy atom. The Labute approximate surface area is 101 Å². The molecule has 15 heavy (non-hydrogen) atoms. The second-order valence-corrected chi connectivity index (χ2v) is 5.52. The molecule has 2 nitrogen and oxygen atoms in total. The molecule has 0 amide bonds. The van der Waals surface area contributed by atoms with E-state index >= 15 is 0 Å². The second-order valence-electron chi connectivity index (χ2n) is 3.43. The van der Waals surface area contributed by atoms with Gasteiger partial charge in [0.1, 0.15) is 10.7 Å². The van der Waals surface area contributed by atoms with E-state index in [0.29, 0.717) is 0 Å². The summed E-state index contributed by atoms with van der Waals surface area (Å²) in [5.41, 5.74) is 9.07. The third-order valence-corrected chi connectivity index (χ3v) is 3.60. The van der Waals surface area contributed by atoms with Gasteiger partial charge in [0, 0.05) is 10.0 Å². The van der Waals surface area contributed by atoms with E-state index in [1.54, 1.807) is 0 Å². The molecule has 0 fully saturated rings. The molecule has 0 saturated carbocycles. The number of hydrogen-bond donors (Lipinski definition) is 1. The summed E-state index contributed by atoms with van der Waals surface area (Å²) in [4.78, 5) is 4.43. The fourth-order valence-electron chi connectivity index (χ4n) is 1.45. The lowest BCUT2D eigenvalue weighted by molar-refractivity contribution is 1.29. The van der Waals surface area contributed by atoms with Gasteiger partial charge in [-0.1, -0.05) is 28.1 Å². The minimum atomic E-state index is 0.775. The minimum absolute atomic E-state index is 0.775. The van der Waals surface area contributed by atoms with E-state index in [2.05, 4.69) is 40.0 Å². The summed E-state index contributed by atoms with van der Waals surface area (Å²) in [5, 5.41) is 1.77. The molecule has 2 N–H and O–H groups in total. The van der Waals surface area contributed by atoms with E-state index in [1.165, 1.54) is 16.9 Å². The van der Waals surface area contributed by atoms with E-state index in [0.717, 1.165) is 25.7 Å². The Morgan fingerprint density at radius 3 is 2.60 bits per heavy atom. The lowest BCUT2D eigenvalue weighted by Gasteiger charge is -2.03. The summed E-state index contributed by atoms with van der Waals surface area (Å²) in [5.74, 6) is 0. The number of aromatic nitrogens is 1. The summed E-state index contributed by atoms with van der Waals surface area (Å²) in [7, 11) is 0. The average Bonchev–Trinajstić information content (AvgIpc) is 2.45. The maximum absolute atomic E-state index is 5.92. The highest BCUT2D eigenvalue weighted by Gasteiger charge is 2.11. The molecule has 1 aromatic carbocycles. The highest BCUT2D eigenvalue weighted by Crippen LogP contribution is 2.35. The molecule has 0 aliphatic heterocycles. The molecule has 0 bridgehead atoms. The highest BCUT2D eigenvalue weighted by atomic mass is 79.9. The van der Waals surface area contributed by atoms with Crippen molar-refractivity contribution in [2.45, 2.75) is 13.8 Å². The third-order valence-electron chi connectivity index (χ3n) is 2.14. The van der Waals surface area contributed by atoms with E-state index < -0.39 is 0 Å². The molecule has 78 valence electrons. The van der Waals surface area contributed by atoms with E-state index in [-0.39, 0.29) is 0 Å². The van der Waals surface area contributed by atoms with Gasteiger partial charge in [0.15, 0.2) is 0 Å². The Bertz CT molecular complexity index is 505. The molecule has 0 saturated heterocycles. The molecular weight excluding hydrogens is 272 g/mol. The number of anilines is 1. The van der Waals surface area contributed by atoms with Crippen molar-refractivity contribution in [2.24, 2.45) is 0 Å². The molecule has 0 aliphatic rings. The summed E-state index contributed by atoms with van der Waals surface area (Å²) in [6.45, 7) is 4.02. The van der Waals surface area contributed by atoms with Gasteiger partial charge in [-0.15, -0.1) is 11.3 Å². The first-order valence-corrected chi connectivity index (χ1v) is 6.18. The van der Waals surface area contributed by atoms with Gasteiger partial charge in [0.25, 0.3) is 0 Å². The summed E-state index contributed by atoms with van der Waals surface area (Å²) < 4.78 is 1.04. The number of halogens is 1. The van der Waals surface area contributed by atoms with Gasteiger partial charge >= 0.3 is 0 Å². The molecule has 0 atom stereocenters. The predicted molar refractivity (Wildman–Crippen MR) is 69.1 cm³/mol. The Kier molecular flexibility index (Phi) is 2.80. The van der Waals surface area contributed by atoms with Gasteiger partial charge in [-0.3, -0.25) is 0 Å². The zero-order valence-corrected chi connectivity index (χ0v) is 10.9. The molecule has 2 aromatic rings. The van der Waals surface area contributed by atoms with Gasteiger partial charge in [-0.25, -0.2) is 4.98 Å². The van der Waals surface area contributed by atoms with E-state index in [4.69, 9.17) is 5.73 Å². The van der Waals surface area contributed by atoms with E-state index in [9.17, 15) is 0 Å². The van der Waals surface area contributed by atoms with Crippen LogP contribution in [0.1, 0.15) is 10.6 Å². The molecule has 0 radical (unpaired) electrons. The lowest BCUT2D eigenvalue weighted by atomic mass is 10.1. The van der Waals surface area contributed by atoms with Crippen molar-refractivity contribution in [1.82, 2.24) is 4.98 Å². The number of nitrogens with two attached hydrogens (primary N) is 1. The van der Waals surface area contributed by atoms with E-state index in [1.807, 2.05) is 13.0 Å². The van der Waals surface area contributed by atoms with Gasteiger partial charge in [-0.2, -0.15) is 0 Å². The summed E-state index contributed by atoms with van der Waals surface area (Å²) >= 11 is 5.06. The first-order valence-electron chi connectivity index (χ1n) is 4.57. The van der Waals surface area contributed by atoms with Crippen LogP contribution in [-0.4, -0.2) is 4.98 Å². The topological polar surface area (TPSA) is 38.9 Å². The quantitative estimate of drug-likeness (QED) is 0.865. The molecule has 2 rings (SSSR count). The highest BCUT2D eigenvalue weighted by molar-refractivity contribution is 9.10. The average molecular weight is 283 g/mol. The molecule has 1 aromatic heterocycles. The standard InChI is InChI=1S/C11H11BrN2S/c1-6-3-4-8(9(12)5-6)10-11(13)15-7(2)14-10/h3-5H,13H2,1-2H3. The first-order chi connectivity index (χ1) is 7.08. The smallest absolute Gasteiger partial charge is 0.114 e. The monoisotopic (exact) mass is 282 g/mol. The normalized spacial score (nSPS) is 10.6. The van der Waals surface area contributed by atoms with Crippen molar-refractivity contribution in [3.8, 4) is 11.3 Å². The van der Waals surface area contributed by atoms with Crippen LogP contribution in [0.5, 0.6) is 0 Å². The number of aryl methyl sites for hydroxylation is 2. The third kappa shape index (κ3) is 2.06. The number of rotatable bonds is 1. The summed E-state index contributed by atoms with van der Waals surface area (Å²) in [6.07, 6.45) is 0. The van der Waals surface area contributed by atoms with Crippen molar-refractivity contribution in [1.29, 1.82) is 0 Å². The fraction of sp³-hybridized carbons (Fsp3) is 0.182. The Morgan fingerprint density at radius 1 is 1.33 bits per heavy atom.